The van der Waals surface area contributed by atoms with Crippen molar-refractivity contribution in [2.24, 2.45) is 0 Å². The van der Waals surface area contributed by atoms with Gasteiger partial charge in [-0.1, -0.05) is 0 Å². The Balaban J connectivity index is 1.86. The third kappa shape index (κ3) is 3.99. The molecule has 7 nitrogen and oxygen atoms in total. The topological polar surface area (TPSA) is 67.7 Å². The van der Waals surface area contributed by atoms with Gasteiger partial charge in [0.2, 0.25) is 0 Å². The predicted octanol–water partition coefficient (Wildman–Crippen LogP) is 2.18. The molecule has 1 aromatic rings. The highest BCUT2D eigenvalue weighted by Crippen LogP contribution is 2.19. The Morgan fingerprint density at radius 2 is 1.91 bits per heavy atom. The van der Waals surface area contributed by atoms with Crippen LogP contribution < -0.4 is 0 Å². The van der Waals surface area contributed by atoms with Crippen molar-refractivity contribution in [3.05, 3.63) is 18.7 Å². The lowest BCUT2D eigenvalue weighted by Gasteiger charge is -2.37. The maximum absolute atomic E-state index is 12.3. The molecule has 1 saturated heterocycles. The molecule has 0 aliphatic carbocycles. The lowest BCUT2D eigenvalue weighted by Crippen LogP contribution is -2.49. The molecule has 122 valence electrons. The minimum atomic E-state index is -0.484. The molecular formula is C15H24N4O3. The maximum atomic E-state index is 12.3. The van der Waals surface area contributed by atoms with Crippen LogP contribution in [0.1, 0.15) is 33.6 Å². The predicted molar refractivity (Wildman–Crippen MR) is 81.6 cm³/mol. The first-order valence-corrected chi connectivity index (χ1v) is 7.51. The van der Waals surface area contributed by atoms with Gasteiger partial charge in [-0.15, -0.1) is 0 Å². The summed E-state index contributed by atoms with van der Waals surface area (Å²) in [6.45, 7) is 6.77. The molecule has 0 aromatic carbocycles. The number of ether oxygens (including phenoxy) is 1. The molecule has 1 aliphatic heterocycles. The highest BCUT2D eigenvalue weighted by atomic mass is 16.6. The van der Waals surface area contributed by atoms with Crippen molar-refractivity contribution < 1.29 is 14.3 Å². The zero-order valence-electron chi connectivity index (χ0n) is 13.7. The van der Waals surface area contributed by atoms with Gasteiger partial charge < -0.3 is 14.5 Å². The van der Waals surface area contributed by atoms with Crippen LogP contribution >= 0.6 is 0 Å². The Kier molecular flexibility index (Phi) is 4.73. The van der Waals surface area contributed by atoms with E-state index in [1.54, 1.807) is 29.2 Å². The standard InChI is InChI=1S/C15H24N4O3/c1-15(2,3)22-14(21)18-8-5-12(6-9-18)17(4)13(20)19-10-7-16-11-19/h7,10-12H,5-6,8-9H2,1-4H3. The van der Waals surface area contributed by atoms with Crippen LogP contribution in [0.3, 0.4) is 0 Å². The molecule has 2 rings (SSSR count). The molecule has 22 heavy (non-hydrogen) atoms. The lowest BCUT2D eigenvalue weighted by atomic mass is 10.0. The summed E-state index contributed by atoms with van der Waals surface area (Å²) in [6.07, 6.45) is 5.92. The first-order chi connectivity index (χ1) is 10.3. The molecule has 1 aromatic heterocycles. The second-order valence-corrected chi connectivity index (χ2v) is 6.56. The van der Waals surface area contributed by atoms with E-state index in [-0.39, 0.29) is 18.2 Å². The van der Waals surface area contributed by atoms with Gasteiger partial charge in [-0.2, -0.15) is 0 Å². The van der Waals surface area contributed by atoms with Gasteiger partial charge in [0.1, 0.15) is 11.9 Å². The van der Waals surface area contributed by atoms with Crippen LogP contribution in [-0.4, -0.2) is 63.3 Å². The summed E-state index contributed by atoms with van der Waals surface area (Å²) >= 11 is 0. The molecule has 0 radical (unpaired) electrons. The largest absolute Gasteiger partial charge is 0.444 e. The summed E-state index contributed by atoms with van der Waals surface area (Å²) < 4.78 is 6.83. The number of nitrogens with zero attached hydrogens (tertiary/aromatic N) is 4. The van der Waals surface area contributed by atoms with Crippen molar-refractivity contribution >= 4 is 12.1 Å². The quantitative estimate of drug-likeness (QED) is 0.797. The maximum Gasteiger partial charge on any atom is 0.410 e. The number of hydrogen-bond acceptors (Lipinski definition) is 4. The second kappa shape index (κ2) is 6.37. The third-order valence-corrected chi connectivity index (χ3v) is 3.69. The van der Waals surface area contributed by atoms with Crippen molar-refractivity contribution in [1.29, 1.82) is 0 Å². The van der Waals surface area contributed by atoms with Crippen LogP contribution in [0, 0.1) is 0 Å². The van der Waals surface area contributed by atoms with Crippen molar-refractivity contribution in [1.82, 2.24) is 19.4 Å². The van der Waals surface area contributed by atoms with Crippen molar-refractivity contribution in [3.8, 4) is 0 Å². The van der Waals surface area contributed by atoms with E-state index in [1.807, 2.05) is 20.8 Å². The molecule has 7 heteroatoms. The van der Waals surface area contributed by atoms with Gasteiger partial charge in [-0.25, -0.2) is 14.6 Å². The summed E-state index contributed by atoms with van der Waals surface area (Å²) in [6, 6.07) is 0.0156. The Labute approximate surface area is 130 Å². The van der Waals surface area contributed by atoms with Crippen LogP contribution in [0.4, 0.5) is 9.59 Å². The summed E-state index contributed by atoms with van der Waals surface area (Å²) in [5, 5.41) is 0. The molecule has 0 saturated carbocycles. The lowest BCUT2D eigenvalue weighted by molar-refractivity contribution is 0.0172. The third-order valence-electron chi connectivity index (χ3n) is 3.69. The monoisotopic (exact) mass is 308 g/mol. The fourth-order valence-corrected chi connectivity index (χ4v) is 2.47. The number of hydrogen-bond donors (Lipinski definition) is 0. The van der Waals surface area contributed by atoms with E-state index >= 15 is 0 Å². The minimum Gasteiger partial charge on any atom is -0.444 e. The van der Waals surface area contributed by atoms with Crippen LogP contribution in [0.2, 0.25) is 0 Å². The fraction of sp³-hybridized carbons (Fsp3) is 0.667. The van der Waals surface area contributed by atoms with Crippen molar-refractivity contribution in [3.63, 3.8) is 0 Å². The zero-order chi connectivity index (χ0) is 16.3. The van der Waals surface area contributed by atoms with E-state index < -0.39 is 5.60 Å². The zero-order valence-corrected chi connectivity index (χ0v) is 13.7. The number of carbonyl (C=O) groups excluding carboxylic acids is 2. The molecular weight excluding hydrogens is 284 g/mol. The number of aromatic nitrogens is 2. The van der Waals surface area contributed by atoms with E-state index in [4.69, 9.17) is 4.74 Å². The number of imidazole rings is 1. The first kappa shape index (κ1) is 16.3. The highest BCUT2D eigenvalue weighted by molar-refractivity contribution is 5.76. The second-order valence-electron chi connectivity index (χ2n) is 6.56. The summed E-state index contributed by atoms with van der Waals surface area (Å²) in [7, 11) is 1.79. The molecule has 2 amide bonds. The van der Waals surface area contributed by atoms with E-state index in [1.165, 1.54) is 10.9 Å². The fourth-order valence-electron chi connectivity index (χ4n) is 2.47. The average Bonchev–Trinajstić information content (AvgIpc) is 2.98. The molecule has 0 unspecified atom stereocenters. The highest BCUT2D eigenvalue weighted by Gasteiger charge is 2.30. The van der Waals surface area contributed by atoms with Gasteiger partial charge in [-0.05, 0) is 33.6 Å². The van der Waals surface area contributed by atoms with Crippen LogP contribution in [0.25, 0.3) is 0 Å². The van der Waals surface area contributed by atoms with Gasteiger partial charge in [-0.3, -0.25) is 4.57 Å². The van der Waals surface area contributed by atoms with E-state index in [0.717, 1.165) is 12.8 Å². The Bertz CT molecular complexity index is 513. The van der Waals surface area contributed by atoms with Gasteiger partial charge in [0.25, 0.3) is 0 Å². The molecule has 0 spiro atoms. The summed E-state index contributed by atoms with van der Waals surface area (Å²) in [5.74, 6) is 0. The molecule has 2 heterocycles. The van der Waals surface area contributed by atoms with Crippen LogP contribution in [0.5, 0.6) is 0 Å². The molecule has 0 N–H and O–H groups in total. The van der Waals surface area contributed by atoms with Crippen molar-refractivity contribution in [2.75, 3.05) is 20.1 Å². The number of amides is 2. The smallest absolute Gasteiger partial charge is 0.410 e. The average molecular weight is 308 g/mol. The van der Waals surface area contributed by atoms with Crippen LogP contribution in [-0.2, 0) is 4.74 Å². The number of carbonyl (C=O) groups is 2. The molecule has 0 bridgehead atoms. The van der Waals surface area contributed by atoms with Crippen LogP contribution in [0.15, 0.2) is 18.7 Å². The van der Waals surface area contributed by atoms with Gasteiger partial charge >= 0.3 is 12.1 Å². The SMILES string of the molecule is CN(C(=O)n1ccnc1)C1CCN(C(=O)OC(C)(C)C)CC1. The normalized spacial score (nSPS) is 16.5. The minimum absolute atomic E-state index is 0.104. The van der Waals surface area contributed by atoms with E-state index in [9.17, 15) is 9.59 Å². The number of piperidine rings is 1. The molecule has 0 atom stereocenters. The van der Waals surface area contributed by atoms with E-state index in [0.29, 0.717) is 13.1 Å². The number of likely N-dealkylation sites (tertiary alicyclic amines) is 1. The Hall–Kier alpha value is -2.05. The van der Waals surface area contributed by atoms with Gasteiger partial charge in [0.05, 0.1) is 0 Å². The number of rotatable bonds is 1. The Morgan fingerprint density at radius 1 is 1.27 bits per heavy atom. The van der Waals surface area contributed by atoms with Gasteiger partial charge in [0, 0.05) is 38.6 Å². The molecule has 1 aliphatic rings. The van der Waals surface area contributed by atoms with E-state index in [2.05, 4.69) is 4.98 Å². The summed E-state index contributed by atoms with van der Waals surface area (Å²) in [4.78, 5) is 31.6. The first-order valence-electron chi connectivity index (χ1n) is 7.51. The summed E-state index contributed by atoms with van der Waals surface area (Å²) in [5.41, 5.74) is -0.484. The Morgan fingerprint density at radius 3 is 2.41 bits per heavy atom. The molecule has 1 fully saturated rings. The van der Waals surface area contributed by atoms with Crippen molar-refractivity contribution in [2.45, 2.75) is 45.3 Å². The van der Waals surface area contributed by atoms with Gasteiger partial charge in [0.15, 0.2) is 0 Å².